The monoisotopic (exact) mass is 766 g/mol. The van der Waals surface area contributed by atoms with Gasteiger partial charge in [0.2, 0.25) is 29.5 Å². The van der Waals surface area contributed by atoms with E-state index in [1.807, 2.05) is 0 Å². The normalized spacial score (nSPS) is 11.8. The standard InChI is InChI=1S/C18H19FN4O4.C11H11FN2O2.C7H10N2O3/c1-11-21-16(23-27-11)3-2-4-17(25)20-9-15(24)14-10-26-18(22-14)12-5-7-13(19)8-6-12;12-8-3-1-7(2-4-8)11-14-9(6-16-11)10(15)5-13;1-5-8-6(9-12-5)3-2-4-7(10)11/h5-8,10,15,24H,2-4,9H2,1H3,(H,20,25);1-4,6,10,15H,5,13H2;2-4H2,1H3,(H,10,11). The number of carbonyl (C=O) groups is 2. The van der Waals surface area contributed by atoms with Gasteiger partial charge in [-0.25, -0.2) is 18.7 Å². The molecule has 6 rings (SSSR count). The lowest BCUT2D eigenvalue weighted by molar-refractivity contribution is -0.137. The van der Waals surface area contributed by atoms with E-state index in [1.54, 1.807) is 26.0 Å². The van der Waals surface area contributed by atoms with Crippen molar-refractivity contribution in [3.63, 3.8) is 0 Å². The molecule has 0 fully saturated rings. The van der Waals surface area contributed by atoms with E-state index < -0.39 is 18.2 Å². The second kappa shape index (κ2) is 20.9. The summed E-state index contributed by atoms with van der Waals surface area (Å²) < 4.78 is 45.7. The molecule has 19 heteroatoms. The van der Waals surface area contributed by atoms with Crippen LogP contribution in [0.5, 0.6) is 0 Å². The van der Waals surface area contributed by atoms with Crippen molar-refractivity contribution in [2.24, 2.45) is 5.73 Å². The molecule has 0 bridgehead atoms. The van der Waals surface area contributed by atoms with Gasteiger partial charge in [0.15, 0.2) is 11.6 Å². The van der Waals surface area contributed by atoms with E-state index in [0.29, 0.717) is 71.8 Å². The van der Waals surface area contributed by atoms with Crippen LogP contribution in [0, 0.1) is 25.5 Å². The van der Waals surface area contributed by atoms with Gasteiger partial charge in [-0.3, -0.25) is 9.59 Å². The minimum absolute atomic E-state index is 0.00947. The molecule has 0 aliphatic carbocycles. The lowest BCUT2D eigenvalue weighted by Gasteiger charge is -2.08. The number of hydrogen-bond acceptors (Lipinski definition) is 15. The van der Waals surface area contributed by atoms with Gasteiger partial charge in [0.25, 0.3) is 0 Å². The number of amides is 1. The summed E-state index contributed by atoms with van der Waals surface area (Å²) in [5.41, 5.74) is 7.20. The Labute approximate surface area is 312 Å². The van der Waals surface area contributed by atoms with Crippen LogP contribution in [-0.4, -0.2) is 70.5 Å². The average Bonchev–Trinajstić information content (AvgIpc) is 4.00. The summed E-state index contributed by atoms with van der Waals surface area (Å²) in [7, 11) is 0. The maximum absolute atomic E-state index is 13.0. The van der Waals surface area contributed by atoms with Gasteiger partial charge in [-0.05, 0) is 61.4 Å². The number of aliphatic hydroxyl groups excluding tert-OH is 2. The summed E-state index contributed by atoms with van der Waals surface area (Å²) >= 11 is 0. The number of nitrogens with zero attached hydrogens (tertiary/aromatic N) is 6. The minimum atomic E-state index is -1.01. The van der Waals surface area contributed by atoms with Crippen LogP contribution in [0.15, 0.2) is 78.9 Å². The fourth-order valence-corrected chi connectivity index (χ4v) is 4.54. The molecular weight excluding hydrogens is 726 g/mol. The Morgan fingerprint density at radius 2 is 1.18 bits per heavy atom. The van der Waals surface area contributed by atoms with Crippen molar-refractivity contribution >= 4 is 11.9 Å². The number of halogens is 2. The molecule has 6 N–H and O–H groups in total. The predicted molar refractivity (Wildman–Crippen MR) is 187 cm³/mol. The number of aliphatic carboxylic acids is 1. The first-order valence-corrected chi connectivity index (χ1v) is 17.0. The van der Waals surface area contributed by atoms with Crippen molar-refractivity contribution in [3.05, 3.63) is 108 Å². The van der Waals surface area contributed by atoms with Crippen LogP contribution in [0.1, 0.15) is 72.7 Å². The molecule has 2 atom stereocenters. The van der Waals surface area contributed by atoms with E-state index in [4.69, 9.17) is 28.7 Å². The number of nitrogens with one attached hydrogen (secondary N) is 1. The number of nitrogens with two attached hydrogens (primary N) is 1. The number of carbonyl (C=O) groups excluding carboxylic acids is 1. The fraction of sp³-hybridized carbons (Fsp3) is 0.333. The maximum atomic E-state index is 13.0. The molecule has 55 heavy (non-hydrogen) atoms. The van der Waals surface area contributed by atoms with Gasteiger partial charge in [-0.1, -0.05) is 10.3 Å². The first kappa shape index (κ1) is 41.6. The number of oxazole rings is 2. The molecule has 292 valence electrons. The van der Waals surface area contributed by atoms with Gasteiger partial charge in [0, 0.05) is 63.7 Å². The van der Waals surface area contributed by atoms with E-state index in [0.717, 1.165) is 0 Å². The summed E-state index contributed by atoms with van der Waals surface area (Å²) in [5, 5.41) is 37.9. The number of rotatable bonds is 15. The third kappa shape index (κ3) is 14.0. The topological polar surface area (TPSA) is 263 Å². The van der Waals surface area contributed by atoms with Crippen molar-refractivity contribution in [2.45, 2.75) is 64.6 Å². The summed E-state index contributed by atoms with van der Waals surface area (Å²) in [5.74, 6) is 1.08. The lowest BCUT2D eigenvalue weighted by atomic mass is 10.2. The second-order valence-electron chi connectivity index (χ2n) is 11.8. The zero-order chi connectivity index (χ0) is 39.7. The van der Waals surface area contributed by atoms with E-state index in [2.05, 4.69) is 35.6 Å². The quantitative estimate of drug-likeness (QED) is 0.0956. The SMILES string of the molecule is Cc1nc(CCCC(=O)NCC(O)c2coc(-c3ccc(F)cc3)n2)no1.Cc1nc(CCCC(=O)O)no1.NCC(O)c1coc(-c2ccc(F)cc2)n1. The maximum Gasteiger partial charge on any atom is 0.303 e. The van der Waals surface area contributed by atoms with E-state index >= 15 is 0 Å². The van der Waals surface area contributed by atoms with Crippen LogP contribution in [0.2, 0.25) is 0 Å². The van der Waals surface area contributed by atoms with Gasteiger partial charge in [-0.15, -0.1) is 0 Å². The molecule has 0 saturated heterocycles. The minimum Gasteiger partial charge on any atom is -0.481 e. The van der Waals surface area contributed by atoms with Crippen LogP contribution in [0.25, 0.3) is 22.9 Å². The molecule has 1 amide bonds. The number of aryl methyl sites for hydroxylation is 4. The molecule has 17 nitrogen and oxygen atoms in total. The number of carboxylic acids is 1. The fourth-order valence-electron chi connectivity index (χ4n) is 4.54. The third-order valence-corrected chi connectivity index (χ3v) is 7.36. The van der Waals surface area contributed by atoms with E-state index in [1.165, 1.54) is 48.9 Å². The van der Waals surface area contributed by atoms with Crippen molar-refractivity contribution in [1.82, 2.24) is 35.6 Å². The Bertz CT molecular complexity index is 2060. The highest BCUT2D eigenvalue weighted by Crippen LogP contribution is 2.23. The van der Waals surface area contributed by atoms with Gasteiger partial charge < -0.3 is 44.3 Å². The highest BCUT2D eigenvalue weighted by Gasteiger charge is 2.16. The van der Waals surface area contributed by atoms with Crippen LogP contribution in [-0.2, 0) is 22.4 Å². The third-order valence-electron chi connectivity index (χ3n) is 7.36. The van der Waals surface area contributed by atoms with Gasteiger partial charge in [0.1, 0.15) is 47.8 Å². The van der Waals surface area contributed by atoms with Crippen molar-refractivity contribution in [2.75, 3.05) is 13.1 Å². The lowest BCUT2D eigenvalue weighted by Crippen LogP contribution is -2.28. The zero-order valence-electron chi connectivity index (χ0n) is 29.9. The predicted octanol–water partition coefficient (Wildman–Crippen LogP) is 4.60. The molecule has 0 saturated carbocycles. The number of hydrogen-bond donors (Lipinski definition) is 5. The molecule has 2 aromatic carbocycles. The first-order valence-electron chi connectivity index (χ1n) is 17.0. The second-order valence-corrected chi connectivity index (χ2v) is 11.8. The van der Waals surface area contributed by atoms with Crippen LogP contribution in [0.4, 0.5) is 8.78 Å². The average molecular weight is 767 g/mol. The smallest absolute Gasteiger partial charge is 0.303 e. The Kier molecular flexibility index (Phi) is 15.8. The van der Waals surface area contributed by atoms with Crippen molar-refractivity contribution in [1.29, 1.82) is 0 Å². The van der Waals surface area contributed by atoms with Gasteiger partial charge in [0.05, 0.1) is 0 Å². The van der Waals surface area contributed by atoms with Crippen LogP contribution >= 0.6 is 0 Å². The summed E-state index contributed by atoms with van der Waals surface area (Å²) in [6.45, 7) is 3.49. The zero-order valence-corrected chi connectivity index (χ0v) is 29.9. The summed E-state index contributed by atoms with van der Waals surface area (Å²) in [6.07, 6.45) is 3.46. The van der Waals surface area contributed by atoms with Crippen molar-refractivity contribution < 1.29 is 51.6 Å². The summed E-state index contributed by atoms with van der Waals surface area (Å²) in [6, 6.07) is 11.4. The number of aliphatic hydroxyl groups is 2. The molecule has 2 unspecified atom stereocenters. The highest BCUT2D eigenvalue weighted by atomic mass is 19.1. The molecule has 0 radical (unpaired) electrons. The first-order chi connectivity index (χ1) is 26.4. The highest BCUT2D eigenvalue weighted by molar-refractivity contribution is 5.75. The van der Waals surface area contributed by atoms with Crippen LogP contribution < -0.4 is 11.1 Å². The molecule has 4 heterocycles. The van der Waals surface area contributed by atoms with Gasteiger partial charge >= 0.3 is 5.97 Å². The van der Waals surface area contributed by atoms with Gasteiger partial charge in [-0.2, -0.15) is 9.97 Å². The van der Waals surface area contributed by atoms with Crippen LogP contribution in [0.3, 0.4) is 0 Å². The summed E-state index contributed by atoms with van der Waals surface area (Å²) in [4.78, 5) is 38.2. The molecule has 0 aliphatic rings. The van der Waals surface area contributed by atoms with E-state index in [9.17, 15) is 28.6 Å². The van der Waals surface area contributed by atoms with Crippen molar-refractivity contribution in [3.8, 4) is 22.9 Å². The Hall–Kier alpha value is -6.18. The number of benzene rings is 2. The number of aromatic nitrogens is 6. The largest absolute Gasteiger partial charge is 0.481 e. The Morgan fingerprint density at radius 3 is 1.60 bits per heavy atom. The molecule has 0 spiro atoms. The Balaban J connectivity index is 0.000000203. The Morgan fingerprint density at radius 1 is 0.727 bits per heavy atom. The molecule has 6 aromatic rings. The molecule has 0 aliphatic heterocycles. The molecule has 4 aromatic heterocycles. The van der Waals surface area contributed by atoms with E-state index in [-0.39, 0.29) is 55.1 Å². The molecular formula is C36H40F2N8O9. The number of carboxylic acid groups (broad SMARTS) is 1.